The SMILES string of the molecule is CC(O)Cc1cnc(CCN2CCOCC2)s1. The van der Waals surface area contributed by atoms with Gasteiger partial charge < -0.3 is 9.84 Å². The van der Waals surface area contributed by atoms with Gasteiger partial charge in [0.25, 0.3) is 0 Å². The zero-order chi connectivity index (χ0) is 12.1. The summed E-state index contributed by atoms with van der Waals surface area (Å²) in [7, 11) is 0. The highest BCUT2D eigenvalue weighted by Crippen LogP contribution is 2.15. The Morgan fingerprint density at radius 1 is 1.53 bits per heavy atom. The standard InChI is InChI=1S/C12H20N2O2S/c1-10(15)8-11-9-13-12(17-11)2-3-14-4-6-16-7-5-14/h9-10,15H,2-8H2,1H3. The van der Waals surface area contributed by atoms with E-state index in [1.54, 1.807) is 11.3 Å². The predicted molar refractivity (Wildman–Crippen MR) is 68.5 cm³/mol. The summed E-state index contributed by atoms with van der Waals surface area (Å²) in [5, 5.41) is 10.5. The molecule has 0 aromatic carbocycles. The van der Waals surface area contributed by atoms with E-state index >= 15 is 0 Å². The van der Waals surface area contributed by atoms with Gasteiger partial charge in [0.15, 0.2) is 0 Å². The molecule has 5 heteroatoms. The van der Waals surface area contributed by atoms with Crippen molar-refractivity contribution in [1.29, 1.82) is 0 Å². The maximum Gasteiger partial charge on any atom is 0.0940 e. The number of hydrogen-bond acceptors (Lipinski definition) is 5. The molecule has 96 valence electrons. The fraction of sp³-hybridized carbons (Fsp3) is 0.750. The second kappa shape index (κ2) is 6.44. The molecule has 1 N–H and O–H groups in total. The first kappa shape index (κ1) is 13.0. The van der Waals surface area contributed by atoms with Crippen LogP contribution in [-0.2, 0) is 17.6 Å². The first-order valence-electron chi connectivity index (χ1n) is 6.16. The van der Waals surface area contributed by atoms with Crippen molar-refractivity contribution in [2.45, 2.75) is 25.9 Å². The van der Waals surface area contributed by atoms with Gasteiger partial charge in [0.2, 0.25) is 0 Å². The Bertz CT molecular complexity index is 335. The van der Waals surface area contributed by atoms with Gasteiger partial charge in [-0.1, -0.05) is 0 Å². The maximum absolute atomic E-state index is 9.31. The van der Waals surface area contributed by atoms with Crippen molar-refractivity contribution in [2.75, 3.05) is 32.8 Å². The number of nitrogens with zero attached hydrogens (tertiary/aromatic N) is 2. The van der Waals surface area contributed by atoms with Crippen molar-refractivity contribution >= 4 is 11.3 Å². The Morgan fingerprint density at radius 3 is 3.00 bits per heavy atom. The summed E-state index contributed by atoms with van der Waals surface area (Å²) in [4.78, 5) is 8.00. The predicted octanol–water partition coefficient (Wildman–Crippen LogP) is 0.941. The molecule has 1 aromatic rings. The van der Waals surface area contributed by atoms with E-state index in [0.29, 0.717) is 0 Å². The molecule has 4 nitrogen and oxygen atoms in total. The molecule has 1 aliphatic rings. The quantitative estimate of drug-likeness (QED) is 0.851. The van der Waals surface area contributed by atoms with Crippen LogP contribution in [0.1, 0.15) is 16.8 Å². The van der Waals surface area contributed by atoms with Crippen molar-refractivity contribution in [3.05, 3.63) is 16.1 Å². The van der Waals surface area contributed by atoms with Gasteiger partial charge in [-0.3, -0.25) is 4.90 Å². The molecule has 1 fully saturated rings. The van der Waals surface area contributed by atoms with Crippen LogP contribution in [0.2, 0.25) is 0 Å². The number of rotatable bonds is 5. The fourth-order valence-electron chi connectivity index (χ4n) is 1.93. The highest BCUT2D eigenvalue weighted by Gasteiger charge is 2.11. The van der Waals surface area contributed by atoms with E-state index in [0.717, 1.165) is 45.7 Å². The summed E-state index contributed by atoms with van der Waals surface area (Å²) in [6.07, 6.45) is 3.34. The minimum absolute atomic E-state index is 0.275. The maximum atomic E-state index is 9.31. The van der Waals surface area contributed by atoms with E-state index in [4.69, 9.17) is 4.74 Å². The zero-order valence-corrected chi connectivity index (χ0v) is 11.1. The smallest absolute Gasteiger partial charge is 0.0940 e. The molecule has 1 atom stereocenters. The number of hydrogen-bond donors (Lipinski definition) is 1. The van der Waals surface area contributed by atoms with Crippen molar-refractivity contribution in [3.63, 3.8) is 0 Å². The lowest BCUT2D eigenvalue weighted by Gasteiger charge is -2.25. The Hall–Kier alpha value is -0.490. The summed E-state index contributed by atoms with van der Waals surface area (Å²) in [6, 6.07) is 0. The Kier molecular flexibility index (Phi) is 4.91. The van der Waals surface area contributed by atoms with Crippen LogP contribution in [0.3, 0.4) is 0 Å². The second-order valence-corrected chi connectivity index (χ2v) is 5.68. The molecule has 1 unspecified atom stereocenters. The van der Waals surface area contributed by atoms with E-state index < -0.39 is 0 Å². The number of morpholine rings is 1. The lowest BCUT2D eigenvalue weighted by Crippen LogP contribution is -2.37. The monoisotopic (exact) mass is 256 g/mol. The van der Waals surface area contributed by atoms with Crippen LogP contribution in [0, 0.1) is 0 Å². The van der Waals surface area contributed by atoms with E-state index in [1.807, 2.05) is 13.1 Å². The normalized spacial score (nSPS) is 19.4. The number of aromatic nitrogens is 1. The van der Waals surface area contributed by atoms with Crippen LogP contribution in [0.5, 0.6) is 0 Å². The van der Waals surface area contributed by atoms with Crippen LogP contribution < -0.4 is 0 Å². The van der Waals surface area contributed by atoms with Gasteiger partial charge in [-0.15, -0.1) is 11.3 Å². The molecular weight excluding hydrogens is 236 g/mol. The number of aliphatic hydroxyl groups is 1. The molecule has 2 rings (SSSR count). The second-order valence-electron chi connectivity index (χ2n) is 4.48. The summed E-state index contributed by atoms with van der Waals surface area (Å²) < 4.78 is 5.32. The van der Waals surface area contributed by atoms with Gasteiger partial charge in [-0.25, -0.2) is 4.98 Å². The number of aliphatic hydroxyl groups excluding tert-OH is 1. The molecule has 0 radical (unpaired) electrons. The van der Waals surface area contributed by atoms with Crippen LogP contribution in [-0.4, -0.2) is 53.9 Å². The Labute approximate surface area is 106 Å². The zero-order valence-electron chi connectivity index (χ0n) is 10.3. The third-order valence-corrected chi connectivity index (χ3v) is 3.92. The minimum Gasteiger partial charge on any atom is -0.393 e. The van der Waals surface area contributed by atoms with Crippen LogP contribution in [0.15, 0.2) is 6.20 Å². The number of ether oxygens (including phenoxy) is 1. The topological polar surface area (TPSA) is 45.6 Å². The van der Waals surface area contributed by atoms with Gasteiger partial charge in [0, 0.05) is 43.5 Å². The van der Waals surface area contributed by atoms with Crippen molar-refractivity contribution in [2.24, 2.45) is 0 Å². The van der Waals surface area contributed by atoms with E-state index in [2.05, 4.69) is 9.88 Å². The van der Waals surface area contributed by atoms with E-state index in [1.165, 1.54) is 9.88 Å². The lowest BCUT2D eigenvalue weighted by atomic mass is 10.3. The fourth-order valence-corrected chi connectivity index (χ4v) is 2.96. The molecule has 1 aromatic heterocycles. The largest absolute Gasteiger partial charge is 0.393 e. The Morgan fingerprint density at radius 2 is 2.29 bits per heavy atom. The highest BCUT2D eigenvalue weighted by atomic mass is 32.1. The Balaban J connectivity index is 1.76. The highest BCUT2D eigenvalue weighted by molar-refractivity contribution is 7.11. The minimum atomic E-state index is -0.275. The molecule has 17 heavy (non-hydrogen) atoms. The molecule has 0 spiro atoms. The van der Waals surface area contributed by atoms with E-state index in [-0.39, 0.29) is 6.10 Å². The molecule has 0 bridgehead atoms. The average molecular weight is 256 g/mol. The van der Waals surface area contributed by atoms with Crippen LogP contribution in [0.4, 0.5) is 0 Å². The summed E-state index contributed by atoms with van der Waals surface area (Å²) in [5.41, 5.74) is 0. The first-order valence-corrected chi connectivity index (χ1v) is 6.97. The van der Waals surface area contributed by atoms with Gasteiger partial charge in [0.1, 0.15) is 0 Å². The molecule has 0 amide bonds. The van der Waals surface area contributed by atoms with Crippen molar-refractivity contribution < 1.29 is 9.84 Å². The molecular formula is C12H20N2O2S. The van der Waals surface area contributed by atoms with Gasteiger partial charge in [0.05, 0.1) is 24.3 Å². The number of thiazole rings is 1. The molecule has 1 aliphatic heterocycles. The van der Waals surface area contributed by atoms with Gasteiger partial charge in [-0.2, -0.15) is 0 Å². The molecule has 1 saturated heterocycles. The summed E-state index contributed by atoms with van der Waals surface area (Å²) in [5.74, 6) is 0. The van der Waals surface area contributed by atoms with Gasteiger partial charge in [-0.05, 0) is 6.92 Å². The molecule has 2 heterocycles. The third-order valence-electron chi connectivity index (χ3n) is 2.84. The first-order chi connectivity index (χ1) is 8.24. The van der Waals surface area contributed by atoms with Crippen LogP contribution >= 0.6 is 11.3 Å². The summed E-state index contributed by atoms with van der Waals surface area (Å²) >= 11 is 1.72. The van der Waals surface area contributed by atoms with Crippen molar-refractivity contribution in [1.82, 2.24) is 9.88 Å². The average Bonchev–Trinajstić information content (AvgIpc) is 2.75. The van der Waals surface area contributed by atoms with E-state index in [9.17, 15) is 5.11 Å². The van der Waals surface area contributed by atoms with Crippen LogP contribution in [0.25, 0.3) is 0 Å². The molecule has 0 aliphatic carbocycles. The molecule has 0 saturated carbocycles. The lowest BCUT2D eigenvalue weighted by molar-refractivity contribution is 0.0384. The van der Waals surface area contributed by atoms with Gasteiger partial charge >= 0.3 is 0 Å². The third kappa shape index (κ3) is 4.35. The summed E-state index contributed by atoms with van der Waals surface area (Å²) in [6.45, 7) is 6.65. The van der Waals surface area contributed by atoms with Crippen molar-refractivity contribution in [3.8, 4) is 0 Å².